The van der Waals surface area contributed by atoms with Gasteiger partial charge >= 0.3 is 18.1 Å². The van der Waals surface area contributed by atoms with Crippen LogP contribution in [0.5, 0.6) is 0 Å². The first-order valence-electron chi connectivity index (χ1n) is 20.4. The fourth-order valence-corrected chi connectivity index (χ4v) is 6.94. The number of carboxylic acid groups (broad SMARTS) is 1. The molecule has 18 heteroatoms. The van der Waals surface area contributed by atoms with Gasteiger partial charge < -0.3 is 30.2 Å². The third kappa shape index (κ3) is 14.4. The lowest BCUT2D eigenvalue weighted by Gasteiger charge is -2.31. The van der Waals surface area contributed by atoms with E-state index in [4.69, 9.17) is 24.0 Å². The second kappa shape index (κ2) is 22.8. The summed E-state index contributed by atoms with van der Waals surface area (Å²) in [6.45, 7) is 10.2. The zero-order valence-electron chi connectivity index (χ0n) is 35.3. The number of pyridine rings is 1. The molecule has 15 nitrogen and oxygen atoms in total. The number of nitrogens with zero attached hydrogens (tertiary/aromatic N) is 4. The standard InChI is InChI=1S/C43H51N7O6.C2HF3O2/c1-30(32-10-6-4-7-11-32)45-39(51)28-48-20-18-44-19-21-49(29-40(52)46-31(2)33-12-8-5-9-13-33)23-25-50(24-22-48)27-35-15-16-36-41(53)37-26-34(43(54)55-3)14-17-38(37)56-42(36)47-35;3-2(4,5)1(6)7/h4-17,26,30-31,44H,18-25,27-29H2,1-3H3,(H,45,51)(H,46,52);(H,6,7)/t30-,31-;/m0./s1. The van der Waals surface area contributed by atoms with Crippen molar-refractivity contribution in [3.05, 3.63) is 124 Å². The zero-order chi connectivity index (χ0) is 45.5. The minimum Gasteiger partial charge on any atom is -0.475 e. The number of methoxy groups -OCH3 is 1. The molecule has 0 spiro atoms. The summed E-state index contributed by atoms with van der Waals surface area (Å²) >= 11 is 0. The molecule has 3 aromatic carbocycles. The van der Waals surface area contributed by atoms with Crippen LogP contribution in [0.25, 0.3) is 22.1 Å². The molecule has 2 aromatic heterocycles. The first-order valence-corrected chi connectivity index (χ1v) is 20.4. The Labute approximate surface area is 362 Å². The van der Waals surface area contributed by atoms with Crippen molar-refractivity contribution in [3.8, 4) is 0 Å². The highest BCUT2D eigenvalue weighted by atomic mass is 19.4. The molecule has 0 radical (unpaired) electrons. The number of carbonyl (C=O) groups is 4. The van der Waals surface area contributed by atoms with E-state index in [0.717, 1.165) is 11.1 Å². The number of esters is 1. The van der Waals surface area contributed by atoms with Gasteiger partial charge in [0.1, 0.15) is 5.58 Å². The van der Waals surface area contributed by atoms with Crippen molar-refractivity contribution in [1.82, 2.24) is 35.6 Å². The van der Waals surface area contributed by atoms with Crippen molar-refractivity contribution < 1.29 is 46.6 Å². The number of ether oxygens (including phenoxy) is 1. The number of amides is 2. The Kier molecular flexibility index (Phi) is 17.3. The predicted octanol–water partition coefficient (Wildman–Crippen LogP) is 4.53. The summed E-state index contributed by atoms with van der Waals surface area (Å²) in [5.41, 5.74) is 3.32. The molecule has 1 aliphatic heterocycles. The van der Waals surface area contributed by atoms with Gasteiger partial charge in [0.15, 0.2) is 0 Å². The number of rotatable bonds is 11. The minimum absolute atomic E-state index is 0.0425. The smallest absolute Gasteiger partial charge is 0.475 e. The SMILES string of the molecule is COC(=O)c1ccc2oc3nc(CN4CCN(CC(=O)N[C@@H](C)c5ccccc5)CCNCCN(CC(=O)N[C@@H](C)c5ccccc5)CC4)ccc3c(=O)c2c1.O=C(O)C(F)(F)F. The maximum Gasteiger partial charge on any atom is 0.490 e. The third-order valence-corrected chi connectivity index (χ3v) is 10.4. The van der Waals surface area contributed by atoms with Gasteiger partial charge in [0.2, 0.25) is 23.0 Å². The molecular weight excluding hydrogens is 824 g/mol. The molecule has 6 rings (SSSR count). The van der Waals surface area contributed by atoms with E-state index in [1.807, 2.05) is 80.6 Å². The highest BCUT2D eigenvalue weighted by Crippen LogP contribution is 2.20. The molecule has 3 heterocycles. The van der Waals surface area contributed by atoms with Gasteiger partial charge in [0.25, 0.3) is 0 Å². The lowest BCUT2D eigenvalue weighted by Crippen LogP contribution is -2.48. The molecule has 0 unspecified atom stereocenters. The van der Waals surface area contributed by atoms with E-state index in [2.05, 4.69) is 30.7 Å². The molecule has 1 fully saturated rings. The van der Waals surface area contributed by atoms with Crippen LogP contribution in [0.3, 0.4) is 0 Å². The van der Waals surface area contributed by atoms with E-state index < -0.39 is 18.1 Å². The molecule has 1 aliphatic rings. The molecular formula is C45H52F3N7O8. The van der Waals surface area contributed by atoms with Crippen molar-refractivity contribution in [2.75, 3.05) is 72.6 Å². The quantitative estimate of drug-likeness (QED) is 0.107. The van der Waals surface area contributed by atoms with Crippen LogP contribution >= 0.6 is 0 Å². The van der Waals surface area contributed by atoms with Crippen LogP contribution in [-0.4, -0.2) is 127 Å². The highest BCUT2D eigenvalue weighted by Gasteiger charge is 2.38. The number of aromatic nitrogens is 1. The van der Waals surface area contributed by atoms with Gasteiger partial charge in [0, 0.05) is 58.9 Å². The van der Waals surface area contributed by atoms with Crippen LogP contribution in [0.4, 0.5) is 13.2 Å². The summed E-state index contributed by atoms with van der Waals surface area (Å²) < 4.78 is 42.6. The summed E-state index contributed by atoms with van der Waals surface area (Å²) in [7, 11) is 1.29. The van der Waals surface area contributed by atoms with Gasteiger partial charge in [-0.2, -0.15) is 13.2 Å². The van der Waals surface area contributed by atoms with Gasteiger partial charge in [-0.15, -0.1) is 0 Å². The normalized spacial score (nSPS) is 15.8. The van der Waals surface area contributed by atoms with Gasteiger partial charge in [-0.3, -0.25) is 29.1 Å². The molecule has 0 saturated carbocycles. The van der Waals surface area contributed by atoms with Crippen LogP contribution in [0, 0.1) is 0 Å². The number of halogens is 3. The maximum atomic E-state index is 13.5. The van der Waals surface area contributed by atoms with Gasteiger partial charge in [-0.1, -0.05) is 60.7 Å². The van der Waals surface area contributed by atoms with Crippen LogP contribution < -0.4 is 21.4 Å². The van der Waals surface area contributed by atoms with E-state index in [0.29, 0.717) is 75.6 Å². The lowest BCUT2D eigenvalue weighted by atomic mass is 10.1. The van der Waals surface area contributed by atoms with E-state index in [-0.39, 0.29) is 59.1 Å². The average molecular weight is 876 g/mol. The lowest BCUT2D eigenvalue weighted by molar-refractivity contribution is -0.192. The number of hydrogen-bond donors (Lipinski definition) is 4. The molecule has 0 aliphatic carbocycles. The first-order chi connectivity index (χ1) is 30.1. The average Bonchev–Trinajstić information content (AvgIpc) is 3.26. The van der Waals surface area contributed by atoms with Crippen molar-refractivity contribution in [3.63, 3.8) is 0 Å². The predicted molar refractivity (Wildman–Crippen MR) is 230 cm³/mol. The van der Waals surface area contributed by atoms with Crippen molar-refractivity contribution in [1.29, 1.82) is 0 Å². The van der Waals surface area contributed by atoms with Gasteiger partial charge in [-0.05, 0) is 55.3 Å². The Hall–Kier alpha value is -6.21. The van der Waals surface area contributed by atoms with Crippen LogP contribution in [-0.2, 0) is 25.7 Å². The number of carboxylic acids is 1. The number of hydrogen-bond acceptors (Lipinski definition) is 12. The van der Waals surface area contributed by atoms with Crippen molar-refractivity contribution in [2.45, 2.75) is 38.7 Å². The van der Waals surface area contributed by atoms with E-state index in [9.17, 15) is 32.3 Å². The monoisotopic (exact) mass is 875 g/mol. The molecule has 5 aromatic rings. The molecule has 63 heavy (non-hydrogen) atoms. The Morgan fingerprint density at radius 2 is 1.27 bits per heavy atom. The molecule has 2 amide bonds. The highest BCUT2D eigenvalue weighted by molar-refractivity contribution is 5.96. The number of carbonyl (C=O) groups excluding carboxylic acids is 3. The summed E-state index contributed by atoms with van der Waals surface area (Å²) in [5.74, 6) is -3.38. The van der Waals surface area contributed by atoms with Crippen molar-refractivity contribution >= 4 is 45.8 Å². The molecule has 1 saturated heterocycles. The Balaban J connectivity index is 0.000000985. The molecule has 2 atom stereocenters. The van der Waals surface area contributed by atoms with Crippen LogP contribution in [0.1, 0.15) is 53.1 Å². The fourth-order valence-electron chi connectivity index (χ4n) is 6.94. The largest absolute Gasteiger partial charge is 0.490 e. The fraction of sp³-hybridized carbons (Fsp3) is 0.378. The summed E-state index contributed by atoms with van der Waals surface area (Å²) in [5, 5.41) is 17.5. The summed E-state index contributed by atoms with van der Waals surface area (Å²) in [6, 6.07) is 27.8. The minimum atomic E-state index is -5.08. The number of benzene rings is 3. The topological polar surface area (TPSA) is 187 Å². The Morgan fingerprint density at radius 3 is 1.76 bits per heavy atom. The number of alkyl halides is 3. The number of aliphatic carboxylic acids is 1. The molecule has 0 bridgehead atoms. The third-order valence-electron chi connectivity index (χ3n) is 10.4. The first kappa shape index (κ1) is 47.8. The second-order valence-corrected chi connectivity index (χ2v) is 15.1. The van der Waals surface area contributed by atoms with E-state index >= 15 is 0 Å². The van der Waals surface area contributed by atoms with Gasteiger partial charge in [0.05, 0.1) is 54.3 Å². The Bertz CT molecular complexity index is 2310. The van der Waals surface area contributed by atoms with Gasteiger partial charge in [-0.25, -0.2) is 14.6 Å². The zero-order valence-corrected chi connectivity index (χ0v) is 35.3. The Morgan fingerprint density at radius 1 is 0.762 bits per heavy atom. The molecule has 336 valence electrons. The molecule has 4 N–H and O–H groups in total. The summed E-state index contributed by atoms with van der Waals surface area (Å²) in [6.07, 6.45) is -5.08. The van der Waals surface area contributed by atoms with E-state index in [1.165, 1.54) is 13.2 Å². The number of nitrogens with one attached hydrogen (secondary N) is 3. The van der Waals surface area contributed by atoms with Crippen LogP contribution in [0.15, 0.2) is 100 Å². The number of fused-ring (bicyclic) bond motifs is 2. The van der Waals surface area contributed by atoms with Crippen molar-refractivity contribution in [2.24, 2.45) is 0 Å². The van der Waals surface area contributed by atoms with E-state index in [1.54, 1.807) is 18.2 Å². The second-order valence-electron chi connectivity index (χ2n) is 15.1. The summed E-state index contributed by atoms with van der Waals surface area (Å²) in [4.78, 5) is 72.4. The van der Waals surface area contributed by atoms with Crippen LogP contribution in [0.2, 0.25) is 0 Å². The maximum absolute atomic E-state index is 13.5.